The highest BCUT2D eigenvalue weighted by Crippen LogP contribution is 2.41. The molecule has 1 amide bonds. The number of thiazole rings is 1. The van der Waals surface area contributed by atoms with Gasteiger partial charge in [-0.2, -0.15) is 0 Å². The Bertz CT molecular complexity index is 957. The number of anilines is 1. The summed E-state index contributed by atoms with van der Waals surface area (Å²) >= 11 is 3.18. The zero-order valence-electron chi connectivity index (χ0n) is 14.7. The van der Waals surface area contributed by atoms with Crippen molar-refractivity contribution in [1.82, 2.24) is 4.98 Å². The Morgan fingerprint density at radius 2 is 2.16 bits per heavy atom. The van der Waals surface area contributed by atoms with E-state index in [0.29, 0.717) is 5.75 Å². The third kappa shape index (κ3) is 2.66. The van der Waals surface area contributed by atoms with E-state index in [1.165, 1.54) is 16.8 Å². The van der Waals surface area contributed by atoms with Gasteiger partial charge in [0, 0.05) is 24.1 Å². The summed E-state index contributed by atoms with van der Waals surface area (Å²) < 4.78 is 1.14. The molecule has 7 heteroatoms. The molecular weight excluding hydrogens is 352 g/mol. The van der Waals surface area contributed by atoms with Crippen molar-refractivity contribution < 1.29 is 4.79 Å². The van der Waals surface area contributed by atoms with Crippen LogP contribution < -0.4 is 10.6 Å². The summed E-state index contributed by atoms with van der Waals surface area (Å²) in [5.41, 5.74) is 10.0. The zero-order valence-corrected chi connectivity index (χ0v) is 16.3. The Kier molecular flexibility index (Phi) is 3.70. The highest BCUT2D eigenvalue weighted by atomic mass is 32.2. The molecule has 0 unspecified atom stereocenters. The molecule has 0 aliphatic carbocycles. The molecule has 2 N–H and O–H groups in total. The van der Waals surface area contributed by atoms with E-state index in [1.54, 1.807) is 23.1 Å². The minimum Gasteiger partial charge on any atom is -0.368 e. The molecule has 1 aromatic carbocycles. The Labute approximate surface area is 155 Å². The van der Waals surface area contributed by atoms with Gasteiger partial charge in [0.2, 0.25) is 5.91 Å². The monoisotopic (exact) mass is 372 g/mol. The van der Waals surface area contributed by atoms with Crippen molar-refractivity contribution in [3.63, 3.8) is 0 Å². The van der Waals surface area contributed by atoms with Crippen molar-refractivity contribution in [2.45, 2.75) is 32.4 Å². The number of benzene rings is 1. The van der Waals surface area contributed by atoms with Crippen LogP contribution in [0.1, 0.15) is 31.3 Å². The van der Waals surface area contributed by atoms with E-state index in [0.717, 1.165) is 20.3 Å². The molecule has 0 radical (unpaired) electrons. The number of primary amides is 1. The van der Waals surface area contributed by atoms with E-state index >= 15 is 0 Å². The number of allylic oxidation sites excluding steroid dienone is 1. The molecule has 1 aromatic heterocycles. The number of fused-ring (bicyclic) bond motifs is 2. The fraction of sp³-hybridized carbons (Fsp3) is 0.389. The van der Waals surface area contributed by atoms with Crippen molar-refractivity contribution in [1.29, 1.82) is 0 Å². The van der Waals surface area contributed by atoms with E-state index in [2.05, 4.69) is 55.9 Å². The smallest absolute Gasteiger partial charge is 0.243 e. The van der Waals surface area contributed by atoms with Gasteiger partial charge in [0.1, 0.15) is 16.1 Å². The van der Waals surface area contributed by atoms with Crippen LogP contribution in [0.4, 0.5) is 5.69 Å². The van der Waals surface area contributed by atoms with E-state index in [4.69, 9.17) is 10.7 Å². The number of carbonyl (C=O) groups is 1. The van der Waals surface area contributed by atoms with Gasteiger partial charge < -0.3 is 10.6 Å². The van der Waals surface area contributed by atoms with Crippen molar-refractivity contribution in [2.24, 2.45) is 10.7 Å². The molecule has 0 saturated carbocycles. The molecule has 4 rings (SSSR count). The quantitative estimate of drug-likeness (QED) is 0.878. The lowest BCUT2D eigenvalue weighted by Gasteiger charge is -2.40. The predicted octanol–water partition coefficient (Wildman–Crippen LogP) is 3.28. The van der Waals surface area contributed by atoms with Crippen molar-refractivity contribution >= 4 is 55.5 Å². The molecule has 0 saturated heterocycles. The van der Waals surface area contributed by atoms with Gasteiger partial charge in [0.25, 0.3) is 0 Å². The third-order valence-corrected chi connectivity index (χ3v) is 7.10. The van der Waals surface area contributed by atoms with Crippen LogP contribution in [0.25, 0.3) is 15.8 Å². The Hall–Kier alpha value is -1.86. The van der Waals surface area contributed by atoms with E-state index in [1.807, 2.05) is 0 Å². The largest absolute Gasteiger partial charge is 0.368 e. The average Bonchev–Trinajstić information content (AvgIpc) is 3.17. The number of carbonyl (C=O) groups excluding carboxylic acids is 1. The normalized spacial score (nSPS) is 21.9. The minimum atomic E-state index is -0.433. The molecule has 1 atom stereocenters. The number of hydrogen-bond donors (Lipinski definition) is 1. The van der Waals surface area contributed by atoms with E-state index < -0.39 is 6.04 Å². The van der Waals surface area contributed by atoms with Crippen LogP contribution in [0.3, 0.4) is 0 Å². The van der Waals surface area contributed by atoms with Crippen LogP contribution in [0.5, 0.6) is 0 Å². The first-order valence-electron chi connectivity index (χ1n) is 8.15. The standard InChI is InChI=1S/C18H20N4OS2/c1-9-7-18(2,3)22(4)13-6-14-11(5-10(9)13)20-17(25-14)16-21-12(8-24-16)15(19)23/h5-7,12H,8H2,1-4H3,(H2,19,23)/t12-/m1/s1. The zero-order chi connectivity index (χ0) is 17.9. The fourth-order valence-electron chi connectivity index (χ4n) is 3.30. The summed E-state index contributed by atoms with van der Waals surface area (Å²) in [6, 6.07) is 3.95. The number of aromatic nitrogens is 1. The number of amides is 1. The number of likely N-dealkylation sites (N-methyl/N-ethyl adjacent to an activating group) is 1. The van der Waals surface area contributed by atoms with Gasteiger partial charge in [-0.15, -0.1) is 23.1 Å². The van der Waals surface area contributed by atoms with Gasteiger partial charge in [-0.25, -0.2) is 4.98 Å². The lowest BCUT2D eigenvalue weighted by atomic mass is 9.89. The molecule has 130 valence electrons. The average molecular weight is 373 g/mol. The fourth-order valence-corrected chi connectivity index (χ4v) is 5.40. The summed E-state index contributed by atoms with van der Waals surface area (Å²) in [4.78, 5) is 22.8. The molecular formula is C18H20N4OS2. The van der Waals surface area contributed by atoms with Gasteiger partial charge in [-0.05, 0) is 38.5 Å². The number of nitrogens with two attached hydrogens (primary N) is 1. The third-order valence-electron chi connectivity index (χ3n) is 4.89. The highest BCUT2D eigenvalue weighted by molar-refractivity contribution is 8.15. The Morgan fingerprint density at radius 3 is 2.84 bits per heavy atom. The van der Waals surface area contributed by atoms with Crippen LogP contribution in [0.2, 0.25) is 0 Å². The van der Waals surface area contributed by atoms with Gasteiger partial charge in [0.15, 0.2) is 0 Å². The Morgan fingerprint density at radius 1 is 1.40 bits per heavy atom. The summed E-state index contributed by atoms with van der Waals surface area (Å²) in [6.45, 7) is 6.59. The summed E-state index contributed by atoms with van der Waals surface area (Å²) in [5.74, 6) is 0.235. The lowest BCUT2D eigenvalue weighted by Crippen LogP contribution is -2.41. The van der Waals surface area contributed by atoms with Crippen molar-refractivity contribution in [3.05, 3.63) is 28.8 Å². The maximum absolute atomic E-state index is 11.3. The number of nitrogens with zero attached hydrogens (tertiary/aromatic N) is 3. The molecule has 25 heavy (non-hydrogen) atoms. The molecule has 0 bridgehead atoms. The summed E-state index contributed by atoms with van der Waals surface area (Å²) in [7, 11) is 2.13. The van der Waals surface area contributed by atoms with E-state index in [9.17, 15) is 4.79 Å². The minimum absolute atomic E-state index is 0.0155. The number of rotatable bonds is 2. The predicted molar refractivity (Wildman–Crippen MR) is 108 cm³/mol. The molecule has 5 nitrogen and oxygen atoms in total. The second-order valence-corrected chi connectivity index (χ2v) is 9.10. The summed E-state index contributed by atoms with van der Waals surface area (Å²) in [5, 5.41) is 1.69. The van der Waals surface area contributed by atoms with Crippen molar-refractivity contribution in [2.75, 3.05) is 17.7 Å². The van der Waals surface area contributed by atoms with Crippen LogP contribution in [0, 0.1) is 0 Å². The SMILES string of the molecule is CC1=CC(C)(C)N(C)c2cc3sc(C4=N[C@@H](C(N)=O)CS4)nc3cc21. The molecule has 2 aliphatic rings. The van der Waals surface area contributed by atoms with Crippen molar-refractivity contribution in [3.8, 4) is 0 Å². The first kappa shape index (κ1) is 16.6. The second-order valence-electron chi connectivity index (χ2n) is 7.06. The Balaban J connectivity index is 1.81. The molecule has 0 spiro atoms. The highest BCUT2D eigenvalue weighted by Gasteiger charge is 2.30. The van der Waals surface area contributed by atoms with Crippen LogP contribution in [-0.2, 0) is 4.79 Å². The first-order valence-corrected chi connectivity index (χ1v) is 9.95. The van der Waals surface area contributed by atoms with E-state index in [-0.39, 0.29) is 11.4 Å². The second kappa shape index (κ2) is 5.57. The summed E-state index contributed by atoms with van der Waals surface area (Å²) in [6.07, 6.45) is 2.29. The number of aliphatic imine (C=N–C) groups is 1. The maximum Gasteiger partial charge on any atom is 0.243 e. The van der Waals surface area contributed by atoms with Gasteiger partial charge >= 0.3 is 0 Å². The van der Waals surface area contributed by atoms with Gasteiger partial charge in [-0.1, -0.05) is 6.08 Å². The maximum atomic E-state index is 11.3. The molecule has 3 heterocycles. The number of hydrogen-bond acceptors (Lipinski definition) is 6. The molecule has 2 aliphatic heterocycles. The lowest BCUT2D eigenvalue weighted by molar-refractivity contribution is -0.118. The number of thioether (sulfide) groups is 1. The van der Waals surface area contributed by atoms with Crippen LogP contribution in [0.15, 0.2) is 23.2 Å². The molecule has 2 aromatic rings. The van der Waals surface area contributed by atoms with Gasteiger partial charge in [0.05, 0.1) is 15.8 Å². The first-order chi connectivity index (χ1) is 11.8. The van der Waals surface area contributed by atoms with Crippen LogP contribution in [-0.4, -0.2) is 40.3 Å². The van der Waals surface area contributed by atoms with Crippen LogP contribution >= 0.6 is 23.1 Å². The topological polar surface area (TPSA) is 71.6 Å². The van der Waals surface area contributed by atoms with Gasteiger partial charge in [-0.3, -0.25) is 9.79 Å². The molecule has 0 fully saturated rings.